The van der Waals surface area contributed by atoms with Gasteiger partial charge in [0.15, 0.2) is 0 Å². The molecule has 0 aromatic heterocycles. The number of methoxy groups -OCH3 is 1. The number of alkyl halides is 3. The highest BCUT2D eigenvalue weighted by Gasteiger charge is 2.34. The van der Waals surface area contributed by atoms with Gasteiger partial charge in [-0.25, -0.2) is 0 Å². The second-order valence-corrected chi connectivity index (χ2v) is 4.65. The Kier molecular flexibility index (Phi) is 7.14. The highest BCUT2D eigenvalue weighted by atomic mass is 19.4. The zero-order chi connectivity index (χ0) is 14.3. The first-order valence-corrected chi connectivity index (χ1v) is 5.94. The molecular weight excluding hydrogens is 241 g/mol. The molecule has 0 heterocycles. The fraction of sp³-hybridized carbons (Fsp3) is 0.643. The SMILES string of the molecule is COC/C=C(\C=C/C(C)C(F)(F)F)C(C)[C+](C)C. The van der Waals surface area contributed by atoms with Gasteiger partial charge in [-0.2, -0.15) is 13.2 Å². The van der Waals surface area contributed by atoms with Gasteiger partial charge in [-0.05, 0) is 12.5 Å². The highest BCUT2D eigenvalue weighted by molar-refractivity contribution is 5.26. The van der Waals surface area contributed by atoms with Crippen LogP contribution in [0.3, 0.4) is 0 Å². The molecule has 0 aliphatic heterocycles. The minimum Gasteiger partial charge on any atom is -0.381 e. The van der Waals surface area contributed by atoms with Crippen molar-refractivity contribution in [1.82, 2.24) is 0 Å². The predicted octanol–water partition coefficient (Wildman–Crippen LogP) is 4.56. The van der Waals surface area contributed by atoms with Gasteiger partial charge in [0.05, 0.1) is 32.3 Å². The van der Waals surface area contributed by atoms with E-state index in [-0.39, 0.29) is 5.92 Å². The van der Waals surface area contributed by atoms with E-state index in [1.165, 1.54) is 6.08 Å². The fourth-order valence-corrected chi connectivity index (χ4v) is 1.27. The zero-order valence-electron chi connectivity index (χ0n) is 11.6. The van der Waals surface area contributed by atoms with Crippen molar-refractivity contribution in [3.63, 3.8) is 0 Å². The van der Waals surface area contributed by atoms with Crippen LogP contribution in [0.15, 0.2) is 23.8 Å². The Balaban J connectivity index is 4.85. The summed E-state index contributed by atoms with van der Waals surface area (Å²) in [5.74, 6) is -0.161. The summed E-state index contributed by atoms with van der Waals surface area (Å²) in [6.07, 6.45) is 0.379. The van der Waals surface area contributed by atoms with E-state index in [1.807, 2.05) is 26.8 Å². The Morgan fingerprint density at radius 2 is 1.83 bits per heavy atom. The molecule has 0 saturated heterocycles. The van der Waals surface area contributed by atoms with Crippen molar-refractivity contribution in [2.75, 3.05) is 13.7 Å². The van der Waals surface area contributed by atoms with Crippen LogP contribution >= 0.6 is 0 Å². The second kappa shape index (κ2) is 7.52. The maximum atomic E-state index is 12.4. The van der Waals surface area contributed by atoms with Gasteiger partial charge in [0.1, 0.15) is 5.92 Å². The monoisotopic (exact) mass is 263 g/mol. The van der Waals surface area contributed by atoms with Crippen LogP contribution in [0.4, 0.5) is 13.2 Å². The third-order valence-corrected chi connectivity index (χ3v) is 2.95. The molecule has 0 rings (SSSR count). The molecule has 0 aliphatic rings. The van der Waals surface area contributed by atoms with Crippen molar-refractivity contribution < 1.29 is 17.9 Å². The summed E-state index contributed by atoms with van der Waals surface area (Å²) in [4.78, 5) is 0. The van der Waals surface area contributed by atoms with Crippen molar-refractivity contribution in [3.8, 4) is 0 Å². The third-order valence-electron chi connectivity index (χ3n) is 2.95. The largest absolute Gasteiger partial charge is 0.394 e. The van der Waals surface area contributed by atoms with Crippen LogP contribution in [-0.4, -0.2) is 19.9 Å². The molecule has 0 bridgehead atoms. The van der Waals surface area contributed by atoms with Crippen LogP contribution in [-0.2, 0) is 4.74 Å². The van der Waals surface area contributed by atoms with E-state index >= 15 is 0 Å². The van der Waals surface area contributed by atoms with Crippen molar-refractivity contribution in [2.24, 2.45) is 11.8 Å². The van der Waals surface area contributed by atoms with E-state index in [2.05, 4.69) is 0 Å². The van der Waals surface area contributed by atoms with E-state index in [0.717, 1.165) is 18.4 Å². The van der Waals surface area contributed by atoms with E-state index in [0.29, 0.717) is 6.61 Å². The average molecular weight is 263 g/mol. The maximum Gasteiger partial charge on any atom is 0.394 e. The van der Waals surface area contributed by atoms with Gasteiger partial charge >= 0.3 is 6.18 Å². The number of hydrogen-bond acceptors (Lipinski definition) is 1. The lowest BCUT2D eigenvalue weighted by Gasteiger charge is -2.13. The summed E-state index contributed by atoms with van der Waals surface area (Å²) >= 11 is 0. The lowest BCUT2D eigenvalue weighted by molar-refractivity contribution is -0.156. The predicted molar refractivity (Wildman–Crippen MR) is 68.1 cm³/mol. The van der Waals surface area contributed by atoms with Gasteiger partial charge < -0.3 is 4.74 Å². The molecule has 0 saturated carbocycles. The van der Waals surface area contributed by atoms with Gasteiger partial charge in [-0.15, -0.1) is 0 Å². The first-order valence-electron chi connectivity index (χ1n) is 5.94. The Labute approximate surface area is 108 Å². The van der Waals surface area contributed by atoms with Crippen LogP contribution in [0.1, 0.15) is 27.7 Å². The van der Waals surface area contributed by atoms with Crippen LogP contribution in [0.5, 0.6) is 0 Å². The Bertz CT molecular complexity index is 290. The lowest BCUT2D eigenvalue weighted by Crippen LogP contribution is -2.17. The molecule has 0 aromatic rings. The molecule has 0 amide bonds. The van der Waals surface area contributed by atoms with Crippen LogP contribution < -0.4 is 0 Å². The quantitative estimate of drug-likeness (QED) is 0.504. The van der Waals surface area contributed by atoms with Crippen molar-refractivity contribution in [3.05, 3.63) is 29.7 Å². The molecule has 0 spiro atoms. The molecular formula is C14H22F3O+. The van der Waals surface area contributed by atoms with E-state index < -0.39 is 12.1 Å². The van der Waals surface area contributed by atoms with Gasteiger partial charge in [0.25, 0.3) is 0 Å². The molecule has 0 aromatic carbocycles. The molecule has 2 unspecified atom stereocenters. The number of ether oxygens (including phenoxy) is 1. The maximum absolute atomic E-state index is 12.4. The van der Waals surface area contributed by atoms with Crippen molar-refractivity contribution in [1.29, 1.82) is 0 Å². The molecule has 0 aliphatic carbocycles. The molecule has 2 atom stereocenters. The highest BCUT2D eigenvalue weighted by Crippen LogP contribution is 2.28. The topological polar surface area (TPSA) is 9.23 Å². The Morgan fingerprint density at radius 3 is 2.22 bits per heavy atom. The molecule has 0 N–H and O–H groups in total. The number of allylic oxidation sites excluding steroid dienone is 3. The van der Waals surface area contributed by atoms with Crippen LogP contribution in [0, 0.1) is 17.8 Å². The second-order valence-electron chi connectivity index (χ2n) is 4.65. The molecule has 18 heavy (non-hydrogen) atoms. The first kappa shape index (κ1) is 17.1. The summed E-state index contributed by atoms with van der Waals surface area (Å²) in [6.45, 7) is 7.45. The van der Waals surface area contributed by atoms with Gasteiger partial charge in [-0.3, -0.25) is 0 Å². The Hall–Kier alpha value is -0.900. The summed E-state index contributed by atoms with van der Waals surface area (Å²) in [5, 5.41) is 0. The normalized spacial score (nSPS) is 17.0. The lowest BCUT2D eigenvalue weighted by atomic mass is 9.89. The zero-order valence-corrected chi connectivity index (χ0v) is 11.6. The van der Waals surface area contributed by atoms with Gasteiger partial charge in [-0.1, -0.05) is 25.2 Å². The molecule has 4 heteroatoms. The third kappa shape index (κ3) is 6.15. The average Bonchev–Trinajstić information content (AvgIpc) is 2.26. The minimum atomic E-state index is -4.18. The smallest absolute Gasteiger partial charge is 0.381 e. The van der Waals surface area contributed by atoms with Crippen molar-refractivity contribution >= 4 is 0 Å². The van der Waals surface area contributed by atoms with Crippen LogP contribution in [0.25, 0.3) is 0 Å². The van der Waals surface area contributed by atoms with E-state index in [4.69, 9.17) is 4.74 Å². The number of hydrogen-bond donors (Lipinski definition) is 0. The van der Waals surface area contributed by atoms with Gasteiger partial charge in [0.2, 0.25) is 0 Å². The standard InChI is InChI=1S/C14H22F3O/c1-10(2)12(4)13(8-9-18-5)7-6-11(3)14(15,16)17/h6-8,11-12H,9H2,1-5H3/q+1/b7-6-,13-8+. The number of halogens is 3. The van der Waals surface area contributed by atoms with E-state index in [9.17, 15) is 13.2 Å². The molecule has 104 valence electrons. The summed E-state index contributed by atoms with van der Waals surface area (Å²) in [7, 11) is 1.56. The Morgan fingerprint density at radius 1 is 1.28 bits per heavy atom. The van der Waals surface area contributed by atoms with E-state index in [1.54, 1.807) is 13.2 Å². The molecule has 0 fully saturated rings. The minimum absolute atomic E-state index is 0.122. The van der Waals surface area contributed by atoms with Crippen LogP contribution in [0.2, 0.25) is 0 Å². The summed E-state index contributed by atoms with van der Waals surface area (Å²) in [6, 6.07) is 0. The van der Waals surface area contributed by atoms with Crippen molar-refractivity contribution in [2.45, 2.75) is 33.9 Å². The first-order chi connectivity index (χ1) is 8.20. The fourth-order valence-electron chi connectivity index (χ4n) is 1.27. The van der Waals surface area contributed by atoms with Gasteiger partial charge in [0, 0.05) is 7.11 Å². The summed E-state index contributed by atoms with van der Waals surface area (Å²) < 4.78 is 42.2. The summed E-state index contributed by atoms with van der Waals surface area (Å²) in [5.41, 5.74) is 0.855. The molecule has 1 nitrogen and oxygen atoms in total. The number of rotatable bonds is 6. The molecule has 0 radical (unpaired) electrons.